The summed E-state index contributed by atoms with van der Waals surface area (Å²) in [6.07, 6.45) is 7.80. The maximum absolute atomic E-state index is 13.3. The first-order chi connectivity index (χ1) is 15.0. The molecule has 4 rings (SSSR count). The summed E-state index contributed by atoms with van der Waals surface area (Å²) >= 11 is 0. The summed E-state index contributed by atoms with van der Waals surface area (Å²) in [4.78, 5) is 33.1. The van der Waals surface area contributed by atoms with Crippen molar-refractivity contribution in [3.05, 3.63) is 51.9 Å². The van der Waals surface area contributed by atoms with Gasteiger partial charge in [-0.15, -0.1) is 0 Å². The van der Waals surface area contributed by atoms with Crippen LogP contribution in [0.1, 0.15) is 62.7 Å². The molecule has 1 N–H and O–H groups in total. The second-order valence-electron chi connectivity index (χ2n) is 8.68. The fourth-order valence-electron chi connectivity index (χ4n) is 4.35. The highest BCUT2D eigenvalue weighted by Crippen LogP contribution is 2.19. The van der Waals surface area contributed by atoms with Crippen LogP contribution in [-0.4, -0.2) is 37.8 Å². The Morgan fingerprint density at radius 1 is 1.19 bits per heavy atom. The van der Waals surface area contributed by atoms with Gasteiger partial charge in [0.15, 0.2) is 0 Å². The number of nitrogens with one attached hydrogen (secondary N) is 1. The third kappa shape index (κ3) is 4.13. The van der Waals surface area contributed by atoms with E-state index in [9.17, 15) is 9.59 Å². The molecule has 3 aromatic rings. The largest absolute Gasteiger partial charge is 0.339 e. The van der Waals surface area contributed by atoms with Crippen LogP contribution in [0.4, 0.5) is 0 Å². The van der Waals surface area contributed by atoms with Crippen LogP contribution in [0.3, 0.4) is 0 Å². The molecule has 164 valence electrons. The number of carbonyl (C=O) groups excluding carboxylic acids is 1. The Hall–Kier alpha value is -2.96. The Labute approximate surface area is 181 Å². The number of nitrogens with zero attached hydrogens (tertiary/aromatic N) is 4. The van der Waals surface area contributed by atoms with Crippen LogP contribution in [0.25, 0.3) is 16.7 Å². The standard InChI is InChI=1S/C24H31N5O2/c1-3-4-5-7-13-29-21(25)18(23(30)27-14-10-17(2)11-15-27)16-19-22(29)26-20-9-6-8-12-28(20)24(19)31/h6,8-9,12,16-17,25H,3-5,7,10-11,13-15H2,1-2H3. The topological polar surface area (TPSA) is 83.5 Å². The van der Waals surface area contributed by atoms with Gasteiger partial charge in [0.05, 0.1) is 10.9 Å². The summed E-state index contributed by atoms with van der Waals surface area (Å²) in [6.45, 7) is 6.33. The summed E-state index contributed by atoms with van der Waals surface area (Å²) < 4.78 is 3.27. The molecule has 0 unspecified atom stereocenters. The molecule has 1 fully saturated rings. The van der Waals surface area contributed by atoms with E-state index in [1.165, 1.54) is 4.40 Å². The number of pyridine rings is 2. The van der Waals surface area contributed by atoms with Crippen molar-refractivity contribution < 1.29 is 4.79 Å². The fourth-order valence-corrected chi connectivity index (χ4v) is 4.35. The number of fused-ring (bicyclic) bond motifs is 2. The van der Waals surface area contributed by atoms with Gasteiger partial charge in [0.25, 0.3) is 11.5 Å². The van der Waals surface area contributed by atoms with Gasteiger partial charge in [-0.1, -0.05) is 39.2 Å². The molecule has 3 aromatic heterocycles. The number of amides is 1. The minimum Gasteiger partial charge on any atom is -0.339 e. The molecule has 0 aliphatic carbocycles. The summed E-state index contributed by atoms with van der Waals surface area (Å²) in [7, 11) is 0. The van der Waals surface area contributed by atoms with E-state index in [-0.39, 0.29) is 17.0 Å². The monoisotopic (exact) mass is 421 g/mol. The Bertz CT molecular complexity index is 1220. The van der Waals surface area contributed by atoms with Crippen LogP contribution in [0.15, 0.2) is 35.3 Å². The van der Waals surface area contributed by atoms with Crippen molar-refractivity contribution in [1.29, 1.82) is 5.41 Å². The van der Waals surface area contributed by atoms with Gasteiger partial charge < -0.3 is 9.47 Å². The molecule has 0 aromatic carbocycles. The summed E-state index contributed by atoms with van der Waals surface area (Å²) in [5.41, 5.74) is 1.28. The lowest BCUT2D eigenvalue weighted by molar-refractivity contribution is 0.0694. The van der Waals surface area contributed by atoms with Crippen LogP contribution in [0.2, 0.25) is 0 Å². The number of hydrogen-bond donors (Lipinski definition) is 1. The molecule has 7 nitrogen and oxygen atoms in total. The first-order valence-electron chi connectivity index (χ1n) is 11.4. The van der Waals surface area contributed by atoms with E-state index < -0.39 is 0 Å². The third-order valence-corrected chi connectivity index (χ3v) is 6.35. The first kappa shape index (κ1) is 21.3. The third-order valence-electron chi connectivity index (χ3n) is 6.35. The molecular weight excluding hydrogens is 390 g/mol. The van der Waals surface area contributed by atoms with Crippen LogP contribution in [0.5, 0.6) is 0 Å². The van der Waals surface area contributed by atoms with Crippen LogP contribution in [-0.2, 0) is 6.54 Å². The maximum Gasteiger partial charge on any atom is 0.267 e. The van der Waals surface area contributed by atoms with Gasteiger partial charge in [0.2, 0.25) is 0 Å². The lowest BCUT2D eigenvalue weighted by Crippen LogP contribution is -2.41. The minimum absolute atomic E-state index is 0.153. The van der Waals surface area contributed by atoms with Gasteiger partial charge in [-0.25, -0.2) is 4.98 Å². The number of likely N-dealkylation sites (tertiary alicyclic amines) is 1. The van der Waals surface area contributed by atoms with E-state index in [0.29, 0.717) is 47.8 Å². The lowest BCUT2D eigenvalue weighted by Gasteiger charge is -2.30. The predicted molar refractivity (Wildman–Crippen MR) is 121 cm³/mol. The van der Waals surface area contributed by atoms with Crippen LogP contribution < -0.4 is 11.0 Å². The lowest BCUT2D eigenvalue weighted by atomic mass is 9.98. The van der Waals surface area contributed by atoms with Crippen LogP contribution >= 0.6 is 0 Å². The van der Waals surface area contributed by atoms with Gasteiger partial charge in [-0.2, -0.15) is 0 Å². The molecular formula is C24H31N5O2. The van der Waals surface area contributed by atoms with Gasteiger partial charge in [0.1, 0.15) is 16.8 Å². The quantitative estimate of drug-likeness (QED) is 0.488. The van der Waals surface area contributed by atoms with Crippen molar-refractivity contribution in [3.8, 4) is 0 Å². The number of rotatable bonds is 6. The molecule has 1 amide bonds. The summed E-state index contributed by atoms with van der Waals surface area (Å²) in [5.74, 6) is 0.457. The normalized spacial score (nSPS) is 15.1. The highest BCUT2D eigenvalue weighted by molar-refractivity contribution is 5.96. The van der Waals surface area contributed by atoms with Crippen molar-refractivity contribution >= 4 is 22.6 Å². The SMILES string of the molecule is CCCCCCn1c(=N)c(C(=O)N2CCC(C)CC2)cc2c(=O)n3ccccc3nc21. The number of unbranched alkanes of at least 4 members (excludes halogenated alkanes) is 3. The van der Waals surface area contributed by atoms with Gasteiger partial charge in [-0.05, 0) is 43.4 Å². The zero-order valence-electron chi connectivity index (χ0n) is 18.4. The van der Waals surface area contributed by atoms with Crippen molar-refractivity contribution in [2.75, 3.05) is 13.1 Å². The fraction of sp³-hybridized carbons (Fsp3) is 0.500. The van der Waals surface area contributed by atoms with Crippen molar-refractivity contribution in [2.24, 2.45) is 5.92 Å². The average Bonchev–Trinajstić information content (AvgIpc) is 2.78. The van der Waals surface area contributed by atoms with E-state index in [1.54, 1.807) is 29.0 Å². The average molecular weight is 422 g/mol. The van der Waals surface area contributed by atoms with Gasteiger partial charge in [0, 0.05) is 25.8 Å². The molecule has 7 heteroatoms. The van der Waals surface area contributed by atoms with E-state index in [2.05, 4.69) is 13.8 Å². The summed E-state index contributed by atoms with van der Waals surface area (Å²) in [5, 5.41) is 9.24. The molecule has 0 atom stereocenters. The number of aromatic nitrogens is 3. The molecule has 0 spiro atoms. The Balaban J connectivity index is 1.86. The smallest absolute Gasteiger partial charge is 0.267 e. The van der Waals surface area contributed by atoms with Gasteiger partial charge in [-0.3, -0.25) is 19.4 Å². The number of piperidine rings is 1. The number of carbonyl (C=O) groups is 1. The second kappa shape index (κ2) is 9.04. The van der Waals surface area contributed by atoms with E-state index in [0.717, 1.165) is 38.5 Å². The van der Waals surface area contributed by atoms with Crippen LogP contribution in [0, 0.1) is 11.3 Å². The Morgan fingerprint density at radius 3 is 2.71 bits per heavy atom. The molecule has 4 heterocycles. The minimum atomic E-state index is -0.204. The van der Waals surface area contributed by atoms with Crippen molar-refractivity contribution in [3.63, 3.8) is 0 Å². The first-order valence-corrected chi connectivity index (χ1v) is 11.4. The molecule has 1 saturated heterocycles. The van der Waals surface area contributed by atoms with E-state index in [4.69, 9.17) is 10.4 Å². The Morgan fingerprint density at radius 2 is 1.97 bits per heavy atom. The van der Waals surface area contributed by atoms with Gasteiger partial charge >= 0.3 is 0 Å². The maximum atomic E-state index is 13.3. The van der Waals surface area contributed by atoms with Crippen molar-refractivity contribution in [2.45, 2.75) is 58.9 Å². The second-order valence-corrected chi connectivity index (χ2v) is 8.68. The van der Waals surface area contributed by atoms with E-state index >= 15 is 0 Å². The molecule has 0 saturated carbocycles. The Kier molecular flexibility index (Phi) is 6.20. The number of aryl methyl sites for hydroxylation is 1. The highest BCUT2D eigenvalue weighted by atomic mass is 16.2. The molecule has 0 radical (unpaired) electrons. The highest BCUT2D eigenvalue weighted by Gasteiger charge is 2.24. The molecule has 1 aliphatic rings. The molecule has 0 bridgehead atoms. The predicted octanol–water partition coefficient (Wildman–Crippen LogP) is 3.58. The number of hydrogen-bond acceptors (Lipinski definition) is 4. The zero-order chi connectivity index (χ0) is 22.0. The van der Waals surface area contributed by atoms with Crippen molar-refractivity contribution in [1.82, 2.24) is 18.9 Å². The molecule has 1 aliphatic heterocycles. The summed E-state index contributed by atoms with van der Waals surface area (Å²) in [6, 6.07) is 7.02. The zero-order valence-corrected chi connectivity index (χ0v) is 18.4. The van der Waals surface area contributed by atoms with E-state index in [1.807, 2.05) is 11.0 Å². The molecule has 31 heavy (non-hydrogen) atoms.